The van der Waals surface area contributed by atoms with Gasteiger partial charge in [-0.25, -0.2) is 0 Å². The van der Waals surface area contributed by atoms with Crippen LogP contribution in [0.4, 0.5) is 0 Å². The lowest BCUT2D eigenvalue weighted by molar-refractivity contribution is 0.117. The van der Waals surface area contributed by atoms with Crippen LogP contribution >= 0.6 is 0 Å². The highest BCUT2D eigenvalue weighted by Gasteiger charge is 2.21. The summed E-state index contributed by atoms with van der Waals surface area (Å²) in [5.74, 6) is 3.06. The molecule has 1 atom stereocenters. The number of likely N-dealkylation sites (tertiary alicyclic amines) is 1. The highest BCUT2D eigenvalue weighted by atomic mass is 16.5. The quantitative estimate of drug-likeness (QED) is 0.888. The molecule has 0 aliphatic carbocycles. The van der Waals surface area contributed by atoms with E-state index in [1.54, 1.807) is 0 Å². The summed E-state index contributed by atoms with van der Waals surface area (Å²) in [7, 11) is 0. The van der Waals surface area contributed by atoms with Crippen LogP contribution < -0.4 is 4.74 Å². The van der Waals surface area contributed by atoms with Crippen LogP contribution in [0.2, 0.25) is 0 Å². The highest BCUT2D eigenvalue weighted by molar-refractivity contribution is 5.26. The van der Waals surface area contributed by atoms with Gasteiger partial charge in [-0.3, -0.25) is 4.90 Å². The number of nitrogens with zero attached hydrogens (tertiary/aromatic N) is 1. The summed E-state index contributed by atoms with van der Waals surface area (Å²) in [6.45, 7) is 5.74. The molecule has 3 rings (SSSR count). The second-order valence-corrected chi connectivity index (χ2v) is 6.39. The monoisotopic (exact) mass is 315 g/mol. The Kier molecular flexibility index (Phi) is 5.36. The maximum atomic E-state index is 9.07. The minimum absolute atomic E-state index is 0.0347. The van der Waals surface area contributed by atoms with E-state index in [0.717, 1.165) is 37.8 Å². The van der Waals surface area contributed by atoms with Gasteiger partial charge in [0.15, 0.2) is 0 Å². The molecule has 1 aliphatic rings. The van der Waals surface area contributed by atoms with Gasteiger partial charge in [0.25, 0.3) is 0 Å². The van der Waals surface area contributed by atoms with E-state index in [-0.39, 0.29) is 6.61 Å². The summed E-state index contributed by atoms with van der Waals surface area (Å²) in [5, 5.41) is 9.07. The molecule has 2 heterocycles. The van der Waals surface area contributed by atoms with Crippen molar-refractivity contribution in [1.29, 1.82) is 0 Å². The van der Waals surface area contributed by atoms with Gasteiger partial charge in [-0.15, -0.1) is 0 Å². The molecule has 1 N–H and O–H groups in total. The van der Waals surface area contributed by atoms with Crippen LogP contribution in [0.25, 0.3) is 0 Å². The third-order valence-electron chi connectivity index (χ3n) is 4.36. The van der Waals surface area contributed by atoms with Gasteiger partial charge in [0.05, 0.1) is 13.2 Å². The van der Waals surface area contributed by atoms with Crippen LogP contribution in [0, 0.1) is 12.8 Å². The summed E-state index contributed by atoms with van der Waals surface area (Å²) in [5.41, 5.74) is 1.25. The van der Waals surface area contributed by atoms with E-state index in [2.05, 4.69) is 24.0 Å². The van der Waals surface area contributed by atoms with Crippen LogP contribution in [0.15, 0.2) is 40.8 Å². The summed E-state index contributed by atoms with van der Waals surface area (Å²) < 4.78 is 11.5. The first kappa shape index (κ1) is 16.1. The fourth-order valence-electron chi connectivity index (χ4n) is 3.09. The van der Waals surface area contributed by atoms with Gasteiger partial charge in [0.2, 0.25) is 0 Å². The second kappa shape index (κ2) is 7.66. The number of hydrogen-bond donors (Lipinski definition) is 1. The zero-order valence-corrected chi connectivity index (χ0v) is 13.7. The molecule has 124 valence electrons. The molecule has 4 nitrogen and oxygen atoms in total. The molecule has 4 heteroatoms. The third kappa shape index (κ3) is 4.60. The molecule has 1 aromatic carbocycles. The summed E-state index contributed by atoms with van der Waals surface area (Å²) in [4.78, 5) is 2.41. The number of ether oxygens (including phenoxy) is 1. The van der Waals surface area contributed by atoms with Gasteiger partial charge in [0.1, 0.15) is 23.9 Å². The van der Waals surface area contributed by atoms with Crippen molar-refractivity contribution in [2.75, 3.05) is 19.7 Å². The molecular weight excluding hydrogens is 290 g/mol. The normalized spacial score (nSPS) is 19.0. The van der Waals surface area contributed by atoms with E-state index in [9.17, 15) is 0 Å². The Morgan fingerprint density at radius 3 is 2.70 bits per heavy atom. The van der Waals surface area contributed by atoms with Gasteiger partial charge < -0.3 is 14.3 Å². The fourth-order valence-corrected chi connectivity index (χ4v) is 3.09. The zero-order chi connectivity index (χ0) is 16.1. The number of aliphatic hydroxyl groups excluding tert-OH is 1. The molecule has 23 heavy (non-hydrogen) atoms. The van der Waals surface area contributed by atoms with Crippen molar-refractivity contribution in [3.8, 4) is 5.75 Å². The lowest BCUT2D eigenvalue weighted by atomic mass is 9.99. The smallest absolute Gasteiger partial charge is 0.129 e. The number of hydrogen-bond acceptors (Lipinski definition) is 4. The number of rotatable bonds is 6. The Hall–Kier alpha value is -1.78. The zero-order valence-electron chi connectivity index (χ0n) is 13.7. The maximum absolute atomic E-state index is 9.07. The number of furan rings is 1. The third-order valence-corrected chi connectivity index (χ3v) is 4.36. The van der Waals surface area contributed by atoms with Crippen molar-refractivity contribution < 1.29 is 14.3 Å². The Morgan fingerprint density at radius 1 is 1.17 bits per heavy atom. The first-order valence-corrected chi connectivity index (χ1v) is 8.33. The van der Waals surface area contributed by atoms with E-state index in [1.807, 2.05) is 24.3 Å². The number of aryl methyl sites for hydroxylation is 1. The predicted octanol–water partition coefficient (Wildman–Crippen LogP) is 3.37. The average molecular weight is 315 g/mol. The van der Waals surface area contributed by atoms with E-state index < -0.39 is 0 Å². The van der Waals surface area contributed by atoms with Gasteiger partial charge in [-0.1, -0.05) is 17.7 Å². The van der Waals surface area contributed by atoms with Crippen LogP contribution in [0.3, 0.4) is 0 Å². The Balaban J connectivity index is 1.48. The average Bonchev–Trinajstić information content (AvgIpc) is 3.02. The number of piperidine rings is 1. The molecular formula is C19H25NO3. The minimum Gasteiger partial charge on any atom is -0.493 e. The second-order valence-electron chi connectivity index (χ2n) is 6.39. The molecule has 1 fully saturated rings. The molecule has 1 aromatic heterocycles. The Bertz CT molecular complexity index is 605. The molecule has 0 amide bonds. The largest absolute Gasteiger partial charge is 0.493 e. The molecule has 0 spiro atoms. The lowest BCUT2D eigenvalue weighted by Crippen LogP contribution is -2.37. The first-order chi connectivity index (χ1) is 11.2. The SMILES string of the molecule is Cc1ccc(OC[C@@H]2CCCN(Cc3ccc(CO)o3)C2)cc1. The lowest BCUT2D eigenvalue weighted by Gasteiger charge is -2.32. The van der Waals surface area contributed by atoms with Gasteiger partial charge in [-0.2, -0.15) is 0 Å². The molecule has 2 aromatic rings. The van der Waals surface area contributed by atoms with Gasteiger partial charge >= 0.3 is 0 Å². The molecule has 1 saturated heterocycles. The van der Waals surface area contributed by atoms with Crippen LogP contribution in [0.5, 0.6) is 5.75 Å². The van der Waals surface area contributed by atoms with Crippen molar-refractivity contribution in [2.24, 2.45) is 5.92 Å². The summed E-state index contributed by atoms with van der Waals surface area (Å²) in [6, 6.07) is 12.0. The number of benzene rings is 1. The predicted molar refractivity (Wildman–Crippen MR) is 89.3 cm³/mol. The van der Waals surface area contributed by atoms with Crippen molar-refractivity contribution in [1.82, 2.24) is 4.90 Å². The van der Waals surface area contributed by atoms with Crippen molar-refractivity contribution >= 4 is 0 Å². The summed E-state index contributed by atoms with van der Waals surface area (Å²) >= 11 is 0. The fraction of sp³-hybridized carbons (Fsp3) is 0.474. The van der Waals surface area contributed by atoms with Crippen LogP contribution in [0.1, 0.15) is 29.9 Å². The standard InChI is InChI=1S/C19H25NO3/c1-15-4-6-17(7-5-15)22-14-16-3-2-10-20(11-16)12-18-8-9-19(13-21)23-18/h4-9,16,21H,2-3,10-14H2,1H3/t16-/m1/s1. The van der Waals surface area contributed by atoms with Crippen molar-refractivity contribution in [2.45, 2.75) is 32.9 Å². The van der Waals surface area contributed by atoms with Gasteiger partial charge in [0, 0.05) is 12.5 Å². The number of aliphatic hydroxyl groups is 1. The van der Waals surface area contributed by atoms with E-state index in [0.29, 0.717) is 11.7 Å². The Morgan fingerprint density at radius 2 is 1.96 bits per heavy atom. The molecule has 1 aliphatic heterocycles. The Labute approximate surface area is 137 Å². The molecule has 0 bridgehead atoms. The first-order valence-electron chi connectivity index (χ1n) is 8.33. The minimum atomic E-state index is -0.0347. The highest BCUT2D eigenvalue weighted by Crippen LogP contribution is 2.21. The van der Waals surface area contributed by atoms with Crippen molar-refractivity contribution in [3.63, 3.8) is 0 Å². The van der Waals surface area contributed by atoms with Crippen molar-refractivity contribution in [3.05, 3.63) is 53.5 Å². The van der Waals surface area contributed by atoms with Crippen LogP contribution in [-0.2, 0) is 13.2 Å². The topological polar surface area (TPSA) is 45.8 Å². The molecule has 0 radical (unpaired) electrons. The molecule has 0 saturated carbocycles. The van der Waals surface area contributed by atoms with Crippen LogP contribution in [-0.4, -0.2) is 29.7 Å². The van der Waals surface area contributed by atoms with E-state index >= 15 is 0 Å². The van der Waals surface area contributed by atoms with E-state index in [1.165, 1.54) is 18.4 Å². The summed E-state index contributed by atoms with van der Waals surface area (Å²) in [6.07, 6.45) is 2.40. The maximum Gasteiger partial charge on any atom is 0.129 e. The van der Waals surface area contributed by atoms with Gasteiger partial charge in [-0.05, 0) is 50.6 Å². The molecule has 0 unspecified atom stereocenters. The van der Waals surface area contributed by atoms with E-state index in [4.69, 9.17) is 14.3 Å².